The van der Waals surface area contributed by atoms with Crippen LogP contribution in [0.25, 0.3) is 0 Å². The second-order valence-corrected chi connectivity index (χ2v) is 4.13. The van der Waals surface area contributed by atoms with E-state index >= 15 is 0 Å². The van der Waals surface area contributed by atoms with Crippen molar-refractivity contribution >= 4 is 5.97 Å². The summed E-state index contributed by atoms with van der Waals surface area (Å²) in [6.45, 7) is 4.34. The topological polar surface area (TPSA) is 44.8 Å². The molecule has 0 saturated carbocycles. The minimum Gasteiger partial charge on any atom is -0.463 e. The number of carbonyl (C=O) groups is 1. The fraction of sp³-hybridized carbons (Fsp3) is 0.750. The van der Waals surface area contributed by atoms with Crippen molar-refractivity contribution in [2.45, 2.75) is 31.8 Å². The van der Waals surface area contributed by atoms with Gasteiger partial charge in [-0.2, -0.15) is 0 Å². The minimum absolute atomic E-state index is 0.245. The van der Waals surface area contributed by atoms with E-state index in [1.165, 1.54) is 0 Å². The molecule has 0 amide bonds. The maximum Gasteiger partial charge on any atom is 0.330 e. The average Bonchev–Trinajstić information content (AvgIpc) is 2.63. The lowest BCUT2D eigenvalue weighted by atomic mass is 9.86. The van der Waals surface area contributed by atoms with E-state index in [2.05, 4.69) is 0 Å². The molecule has 2 aliphatic heterocycles. The Hall–Kier alpha value is -0.870. The maximum atomic E-state index is 11.4. The van der Waals surface area contributed by atoms with Crippen LogP contribution in [0.5, 0.6) is 0 Å². The summed E-state index contributed by atoms with van der Waals surface area (Å²) in [4.78, 5) is 11.4. The summed E-state index contributed by atoms with van der Waals surface area (Å²) < 4.78 is 16.1. The van der Waals surface area contributed by atoms with Crippen molar-refractivity contribution in [1.29, 1.82) is 0 Å². The first-order chi connectivity index (χ1) is 7.77. The Morgan fingerprint density at radius 3 is 2.88 bits per heavy atom. The van der Waals surface area contributed by atoms with Gasteiger partial charge in [0, 0.05) is 32.1 Å². The van der Waals surface area contributed by atoms with E-state index in [1.54, 1.807) is 6.08 Å². The van der Waals surface area contributed by atoms with Crippen LogP contribution in [0.1, 0.15) is 26.2 Å². The highest BCUT2D eigenvalue weighted by Gasteiger charge is 2.41. The summed E-state index contributed by atoms with van der Waals surface area (Å²) in [5.41, 5.74) is 0.833. The zero-order valence-electron chi connectivity index (χ0n) is 9.66. The predicted molar refractivity (Wildman–Crippen MR) is 58.1 cm³/mol. The number of hydrogen-bond donors (Lipinski definition) is 0. The van der Waals surface area contributed by atoms with Crippen molar-refractivity contribution in [3.05, 3.63) is 11.6 Å². The Kier molecular flexibility index (Phi) is 3.61. The van der Waals surface area contributed by atoms with Crippen molar-refractivity contribution in [2.75, 3.05) is 26.4 Å². The molecule has 2 heterocycles. The monoisotopic (exact) mass is 226 g/mol. The maximum absolute atomic E-state index is 11.4. The first-order valence-corrected chi connectivity index (χ1v) is 5.86. The molecule has 0 N–H and O–H groups in total. The normalized spacial score (nSPS) is 26.2. The van der Waals surface area contributed by atoms with Gasteiger partial charge in [0.1, 0.15) is 0 Å². The van der Waals surface area contributed by atoms with Gasteiger partial charge in [0.25, 0.3) is 0 Å². The molecule has 0 atom stereocenters. The summed E-state index contributed by atoms with van der Waals surface area (Å²) in [7, 11) is 0. The Labute approximate surface area is 95.6 Å². The van der Waals surface area contributed by atoms with Crippen molar-refractivity contribution in [3.63, 3.8) is 0 Å². The lowest BCUT2D eigenvalue weighted by molar-refractivity contribution is -0.137. The molecular formula is C12H18O4. The Balaban J connectivity index is 2.10. The molecule has 0 bridgehead atoms. The summed E-state index contributed by atoms with van der Waals surface area (Å²) in [5.74, 6) is -0.256. The molecule has 90 valence electrons. The zero-order valence-corrected chi connectivity index (χ0v) is 9.66. The van der Waals surface area contributed by atoms with Gasteiger partial charge >= 0.3 is 5.97 Å². The van der Waals surface area contributed by atoms with Crippen LogP contribution in [0, 0.1) is 0 Å². The highest BCUT2D eigenvalue weighted by molar-refractivity contribution is 5.83. The second kappa shape index (κ2) is 4.97. The third kappa shape index (κ3) is 2.28. The molecule has 4 heteroatoms. The quantitative estimate of drug-likeness (QED) is 0.528. The Morgan fingerprint density at radius 2 is 2.19 bits per heavy atom. The van der Waals surface area contributed by atoms with Crippen LogP contribution in [0.4, 0.5) is 0 Å². The molecule has 0 aromatic rings. The standard InChI is InChI=1S/C12H18O4/c1-2-15-11(13)9-10-3-6-16-12(10)4-7-14-8-5-12/h9H,2-8H2,1H3/b10-9-. The molecule has 2 aliphatic rings. The van der Waals surface area contributed by atoms with Crippen LogP contribution < -0.4 is 0 Å². The number of rotatable bonds is 2. The van der Waals surface area contributed by atoms with Crippen LogP contribution >= 0.6 is 0 Å². The van der Waals surface area contributed by atoms with Crippen LogP contribution in [0.3, 0.4) is 0 Å². The molecule has 2 saturated heterocycles. The van der Waals surface area contributed by atoms with Gasteiger partial charge in [-0.25, -0.2) is 4.79 Å². The smallest absolute Gasteiger partial charge is 0.330 e. The lowest BCUT2D eigenvalue weighted by Crippen LogP contribution is -2.37. The van der Waals surface area contributed by atoms with Gasteiger partial charge < -0.3 is 14.2 Å². The molecule has 0 aliphatic carbocycles. The molecule has 2 rings (SSSR count). The van der Waals surface area contributed by atoms with Crippen LogP contribution in [0.15, 0.2) is 11.6 Å². The van der Waals surface area contributed by atoms with Crippen LogP contribution in [0.2, 0.25) is 0 Å². The van der Waals surface area contributed by atoms with Crippen LogP contribution in [-0.2, 0) is 19.0 Å². The van der Waals surface area contributed by atoms with Gasteiger partial charge in [0.05, 0.1) is 18.8 Å². The van der Waals surface area contributed by atoms with E-state index in [0.717, 1.165) is 24.8 Å². The number of ether oxygens (including phenoxy) is 3. The van der Waals surface area contributed by atoms with Gasteiger partial charge in [-0.1, -0.05) is 0 Å². The van der Waals surface area contributed by atoms with Gasteiger partial charge in [-0.15, -0.1) is 0 Å². The molecule has 0 radical (unpaired) electrons. The fourth-order valence-electron chi connectivity index (χ4n) is 2.37. The summed E-state index contributed by atoms with van der Waals surface area (Å²) >= 11 is 0. The van der Waals surface area contributed by atoms with E-state index in [-0.39, 0.29) is 11.6 Å². The average molecular weight is 226 g/mol. The second-order valence-electron chi connectivity index (χ2n) is 4.13. The highest BCUT2D eigenvalue weighted by Crippen LogP contribution is 2.39. The van der Waals surface area contributed by atoms with Crippen LogP contribution in [-0.4, -0.2) is 38.0 Å². The zero-order chi connectivity index (χ0) is 11.4. The van der Waals surface area contributed by atoms with Crippen molar-refractivity contribution in [1.82, 2.24) is 0 Å². The number of carbonyl (C=O) groups excluding carboxylic acids is 1. The summed E-state index contributed by atoms with van der Waals surface area (Å²) in [5, 5.41) is 0. The number of esters is 1. The van der Waals surface area contributed by atoms with E-state index in [4.69, 9.17) is 14.2 Å². The van der Waals surface area contributed by atoms with Gasteiger partial charge in [-0.3, -0.25) is 0 Å². The molecule has 2 fully saturated rings. The molecule has 4 nitrogen and oxygen atoms in total. The van der Waals surface area contributed by atoms with E-state index in [1.807, 2.05) is 6.92 Å². The highest BCUT2D eigenvalue weighted by atomic mass is 16.5. The van der Waals surface area contributed by atoms with Crippen molar-refractivity contribution < 1.29 is 19.0 Å². The van der Waals surface area contributed by atoms with Gasteiger partial charge in [0.2, 0.25) is 0 Å². The molecule has 1 spiro atoms. The molecule has 0 unspecified atom stereocenters. The third-order valence-corrected chi connectivity index (χ3v) is 3.21. The first-order valence-electron chi connectivity index (χ1n) is 5.86. The SMILES string of the molecule is CCOC(=O)/C=C1/CCOC12CCOCC2. The predicted octanol–water partition coefficient (Wildman–Crippen LogP) is 1.45. The van der Waals surface area contributed by atoms with Crippen molar-refractivity contribution in [3.8, 4) is 0 Å². The summed E-state index contributed by atoms with van der Waals surface area (Å²) in [6, 6.07) is 0. The Morgan fingerprint density at radius 1 is 1.44 bits per heavy atom. The first kappa shape index (κ1) is 11.6. The van der Waals surface area contributed by atoms with E-state index < -0.39 is 0 Å². The molecule has 16 heavy (non-hydrogen) atoms. The largest absolute Gasteiger partial charge is 0.463 e. The third-order valence-electron chi connectivity index (χ3n) is 3.21. The molecule has 0 aromatic heterocycles. The lowest BCUT2D eigenvalue weighted by Gasteiger charge is -2.33. The molecule has 0 aromatic carbocycles. The van der Waals surface area contributed by atoms with Gasteiger partial charge in [-0.05, 0) is 18.9 Å². The van der Waals surface area contributed by atoms with Gasteiger partial charge in [0.15, 0.2) is 0 Å². The minimum atomic E-state index is -0.256. The molecular weight excluding hydrogens is 208 g/mol. The van der Waals surface area contributed by atoms with E-state index in [0.29, 0.717) is 26.4 Å². The summed E-state index contributed by atoms with van der Waals surface area (Å²) in [6.07, 6.45) is 4.14. The number of hydrogen-bond acceptors (Lipinski definition) is 4. The Bertz CT molecular complexity index is 289. The van der Waals surface area contributed by atoms with Crippen molar-refractivity contribution in [2.24, 2.45) is 0 Å². The van der Waals surface area contributed by atoms with E-state index in [9.17, 15) is 4.79 Å². The fourth-order valence-corrected chi connectivity index (χ4v) is 2.37.